The Balaban J connectivity index is 1.43. The van der Waals surface area contributed by atoms with Crippen LogP contribution in [0.1, 0.15) is 11.1 Å². The van der Waals surface area contributed by atoms with E-state index in [0.717, 1.165) is 14.8 Å². The molecule has 0 bridgehead atoms. The number of hydrogen-bond donors (Lipinski definition) is 2. The van der Waals surface area contributed by atoms with Gasteiger partial charge in [-0.1, -0.05) is 42.5 Å². The predicted molar refractivity (Wildman–Crippen MR) is 135 cm³/mol. The number of amides is 3. The molecule has 3 aromatic rings. The normalized spacial score (nSPS) is 14.4. The lowest BCUT2D eigenvalue weighted by Crippen LogP contribution is -2.35. The van der Waals surface area contributed by atoms with E-state index in [0.29, 0.717) is 17.0 Å². The summed E-state index contributed by atoms with van der Waals surface area (Å²) in [5.74, 6) is -0.618. The monoisotopic (exact) mass is 553 g/mol. The van der Waals surface area contributed by atoms with Gasteiger partial charge in [0, 0.05) is 5.69 Å². The molecular formula is C25H20IN3O4. The van der Waals surface area contributed by atoms with E-state index < -0.39 is 11.8 Å². The van der Waals surface area contributed by atoms with E-state index >= 15 is 0 Å². The van der Waals surface area contributed by atoms with Crippen LogP contribution in [0.5, 0.6) is 5.75 Å². The maximum Gasteiger partial charge on any atom is 0.282 e. The van der Waals surface area contributed by atoms with Crippen molar-refractivity contribution in [3.05, 3.63) is 93.1 Å². The fraction of sp³-hybridized carbons (Fsp3) is 0.0800. The lowest BCUT2D eigenvalue weighted by Gasteiger charge is -2.13. The molecule has 1 heterocycles. The van der Waals surface area contributed by atoms with E-state index in [2.05, 4.69) is 33.3 Å². The fourth-order valence-electron chi connectivity index (χ4n) is 3.25. The highest BCUT2D eigenvalue weighted by molar-refractivity contribution is 14.1. The number of rotatable bonds is 6. The number of carbonyl (C=O) groups excluding carboxylic acids is 3. The minimum atomic E-state index is -0.466. The maximum atomic E-state index is 12.7. The minimum absolute atomic E-state index is 0.0425. The Morgan fingerprint density at radius 2 is 1.79 bits per heavy atom. The number of hydrazine groups is 1. The van der Waals surface area contributed by atoms with E-state index in [1.165, 1.54) is 11.1 Å². The molecule has 1 fully saturated rings. The Bertz CT molecular complexity index is 1260. The predicted octanol–water partition coefficient (Wildman–Crippen LogP) is 4.08. The topological polar surface area (TPSA) is 87.7 Å². The van der Waals surface area contributed by atoms with E-state index in [1.807, 2.05) is 37.3 Å². The number of benzene rings is 3. The van der Waals surface area contributed by atoms with E-state index in [1.54, 1.807) is 42.5 Å². The van der Waals surface area contributed by atoms with Crippen LogP contribution in [0, 0.1) is 10.5 Å². The van der Waals surface area contributed by atoms with Crippen LogP contribution in [0.3, 0.4) is 0 Å². The number of carbonyl (C=O) groups is 3. The summed E-state index contributed by atoms with van der Waals surface area (Å²) in [4.78, 5) is 37.3. The molecule has 0 aromatic heterocycles. The highest BCUT2D eigenvalue weighted by Crippen LogP contribution is 2.25. The van der Waals surface area contributed by atoms with E-state index in [9.17, 15) is 14.4 Å². The lowest BCUT2D eigenvalue weighted by molar-refractivity contribution is -0.118. The lowest BCUT2D eigenvalue weighted by atomic mass is 10.1. The number of aryl methyl sites for hydroxylation is 1. The molecule has 1 aliphatic rings. The van der Waals surface area contributed by atoms with Crippen LogP contribution in [0.25, 0.3) is 6.08 Å². The smallest absolute Gasteiger partial charge is 0.282 e. The molecule has 4 rings (SSSR count). The summed E-state index contributed by atoms with van der Waals surface area (Å²) in [6, 6.07) is 21.6. The molecule has 0 unspecified atom stereocenters. The maximum absolute atomic E-state index is 12.7. The SMILES string of the molecule is Cc1ccccc1NC(=O)COc1ccc(/C=C2/C(=O)NN(c3ccccc3)C2=O)cc1I. The average Bonchev–Trinajstić information content (AvgIpc) is 3.09. The van der Waals surface area contributed by atoms with Crippen molar-refractivity contribution in [2.75, 3.05) is 16.9 Å². The van der Waals surface area contributed by atoms with Crippen LogP contribution in [0.2, 0.25) is 0 Å². The molecule has 33 heavy (non-hydrogen) atoms. The molecule has 1 saturated heterocycles. The molecule has 0 spiro atoms. The fourth-order valence-corrected chi connectivity index (χ4v) is 3.94. The van der Waals surface area contributed by atoms with Crippen LogP contribution < -0.4 is 20.5 Å². The van der Waals surface area contributed by atoms with Gasteiger partial charge >= 0.3 is 0 Å². The third-order valence-corrected chi connectivity index (χ3v) is 5.79. The number of halogens is 1. The molecule has 0 radical (unpaired) electrons. The Morgan fingerprint density at radius 1 is 1.06 bits per heavy atom. The summed E-state index contributed by atoms with van der Waals surface area (Å²) in [5, 5.41) is 4.05. The highest BCUT2D eigenvalue weighted by atomic mass is 127. The summed E-state index contributed by atoms with van der Waals surface area (Å²) in [6.45, 7) is 1.78. The highest BCUT2D eigenvalue weighted by Gasteiger charge is 2.34. The second kappa shape index (κ2) is 9.86. The van der Waals surface area contributed by atoms with Crippen molar-refractivity contribution in [3.8, 4) is 5.75 Å². The molecule has 8 heteroatoms. The standard InChI is InChI=1S/C25H20IN3O4/c1-16-7-5-6-10-21(16)27-23(30)15-33-22-12-11-17(14-20(22)26)13-19-24(31)28-29(25(19)32)18-8-3-2-4-9-18/h2-14H,15H2,1H3,(H,27,30)(H,28,31)/b19-13-. The summed E-state index contributed by atoms with van der Waals surface area (Å²) in [6.07, 6.45) is 1.54. The van der Waals surface area contributed by atoms with Gasteiger partial charge in [0.1, 0.15) is 11.3 Å². The van der Waals surface area contributed by atoms with Crippen molar-refractivity contribution >= 4 is 57.8 Å². The number of para-hydroxylation sites is 2. The first-order chi connectivity index (χ1) is 15.9. The number of hydrogen-bond acceptors (Lipinski definition) is 4. The summed E-state index contributed by atoms with van der Waals surface area (Å²) in [5.41, 5.74) is 5.59. The van der Waals surface area contributed by atoms with Crippen LogP contribution in [-0.4, -0.2) is 24.3 Å². The Morgan fingerprint density at radius 3 is 2.52 bits per heavy atom. The molecule has 7 nitrogen and oxygen atoms in total. The molecule has 3 amide bonds. The van der Waals surface area contributed by atoms with Crippen molar-refractivity contribution in [3.63, 3.8) is 0 Å². The van der Waals surface area contributed by atoms with E-state index in [4.69, 9.17) is 4.74 Å². The zero-order chi connectivity index (χ0) is 23.4. The molecule has 0 saturated carbocycles. The Labute approximate surface area is 204 Å². The van der Waals surface area contributed by atoms with Gasteiger partial charge in [0.05, 0.1) is 9.26 Å². The van der Waals surface area contributed by atoms with Gasteiger partial charge in [-0.2, -0.15) is 0 Å². The van der Waals surface area contributed by atoms with Gasteiger partial charge in [-0.05, 0) is 77.0 Å². The van der Waals surface area contributed by atoms with Gasteiger partial charge in [0.25, 0.3) is 17.7 Å². The van der Waals surface area contributed by atoms with E-state index in [-0.39, 0.29) is 18.1 Å². The van der Waals surface area contributed by atoms with Gasteiger partial charge in [-0.25, -0.2) is 5.01 Å². The number of ether oxygens (including phenoxy) is 1. The first-order valence-electron chi connectivity index (χ1n) is 10.1. The van der Waals surface area contributed by atoms with Crippen LogP contribution in [-0.2, 0) is 14.4 Å². The van der Waals surface area contributed by atoms with Crippen molar-refractivity contribution in [1.29, 1.82) is 0 Å². The zero-order valence-electron chi connectivity index (χ0n) is 17.7. The Hall–Kier alpha value is -3.66. The molecule has 3 aromatic carbocycles. The number of nitrogens with zero attached hydrogens (tertiary/aromatic N) is 1. The Kier molecular flexibility index (Phi) is 6.74. The number of anilines is 2. The van der Waals surface area contributed by atoms with Gasteiger partial charge in [-0.15, -0.1) is 0 Å². The molecule has 1 aliphatic heterocycles. The van der Waals surface area contributed by atoms with Crippen molar-refractivity contribution in [1.82, 2.24) is 5.43 Å². The van der Waals surface area contributed by atoms with Crippen LogP contribution in [0.15, 0.2) is 78.4 Å². The zero-order valence-corrected chi connectivity index (χ0v) is 19.8. The van der Waals surface area contributed by atoms with Crippen molar-refractivity contribution in [2.24, 2.45) is 0 Å². The largest absolute Gasteiger partial charge is 0.483 e. The average molecular weight is 553 g/mol. The summed E-state index contributed by atoms with van der Waals surface area (Å²) < 4.78 is 6.40. The van der Waals surface area contributed by atoms with Gasteiger partial charge in [-0.3, -0.25) is 19.8 Å². The second-order valence-corrected chi connectivity index (χ2v) is 8.48. The minimum Gasteiger partial charge on any atom is -0.483 e. The van der Waals surface area contributed by atoms with Crippen molar-refractivity contribution in [2.45, 2.75) is 6.92 Å². The summed E-state index contributed by atoms with van der Waals surface area (Å²) in [7, 11) is 0. The molecule has 0 atom stereocenters. The quantitative estimate of drug-likeness (QED) is 0.274. The number of nitrogens with one attached hydrogen (secondary N) is 2. The second-order valence-electron chi connectivity index (χ2n) is 7.32. The van der Waals surface area contributed by atoms with Gasteiger partial charge in [0.2, 0.25) is 0 Å². The van der Waals surface area contributed by atoms with Crippen LogP contribution >= 0.6 is 22.6 Å². The molecule has 0 aliphatic carbocycles. The van der Waals surface area contributed by atoms with Gasteiger partial charge in [0.15, 0.2) is 6.61 Å². The van der Waals surface area contributed by atoms with Gasteiger partial charge < -0.3 is 10.1 Å². The summed E-state index contributed by atoms with van der Waals surface area (Å²) >= 11 is 2.09. The molecule has 166 valence electrons. The third-order valence-electron chi connectivity index (χ3n) is 4.95. The van der Waals surface area contributed by atoms with Crippen molar-refractivity contribution < 1.29 is 19.1 Å². The first kappa shape index (κ1) is 22.5. The first-order valence-corrected chi connectivity index (χ1v) is 11.2. The molecule has 2 N–H and O–H groups in total. The van der Waals surface area contributed by atoms with Crippen LogP contribution in [0.4, 0.5) is 11.4 Å². The molecular weight excluding hydrogens is 533 g/mol. The third kappa shape index (κ3) is 5.23.